The summed E-state index contributed by atoms with van der Waals surface area (Å²) in [6, 6.07) is 6.68. The van der Waals surface area contributed by atoms with Gasteiger partial charge in [-0.25, -0.2) is 0 Å². The Hall–Kier alpha value is -2.28. The van der Waals surface area contributed by atoms with Crippen LogP contribution in [0.2, 0.25) is 0 Å². The summed E-state index contributed by atoms with van der Waals surface area (Å²) >= 11 is 0. The van der Waals surface area contributed by atoms with Crippen LogP contribution in [-0.2, 0) is 20.1 Å². The van der Waals surface area contributed by atoms with Gasteiger partial charge in [0.05, 0.1) is 10.6 Å². The van der Waals surface area contributed by atoms with Gasteiger partial charge in [-0.1, -0.05) is 23.4 Å². The lowest BCUT2D eigenvalue weighted by molar-refractivity contribution is -0.385. The summed E-state index contributed by atoms with van der Waals surface area (Å²) < 4.78 is 1.61. The first-order valence-corrected chi connectivity index (χ1v) is 5.45. The number of rotatable bonds is 5. The highest BCUT2D eigenvalue weighted by molar-refractivity contribution is 5.39. The van der Waals surface area contributed by atoms with Gasteiger partial charge in [0.15, 0.2) is 0 Å². The van der Waals surface area contributed by atoms with Crippen molar-refractivity contribution in [3.63, 3.8) is 0 Å². The van der Waals surface area contributed by atoms with Gasteiger partial charge in [0.1, 0.15) is 0 Å². The van der Waals surface area contributed by atoms with Gasteiger partial charge in [-0.05, 0) is 0 Å². The molecular weight excluding hydrogens is 234 g/mol. The maximum absolute atomic E-state index is 10.8. The number of para-hydroxylation sites is 1. The highest BCUT2D eigenvalue weighted by Crippen LogP contribution is 2.17. The lowest BCUT2D eigenvalue weighted by Gasteiger charge is -2.03. The molecule has 1 aromatic carbocycles. The van der Waals surface area contributed by atoms with Crippen LogP contribution in [0.15, 0.2) is 30.5 Å². The predicted molar refractivity (Wildman–Crippen MR) is 64.6 cm³/mol. The molecule has 1 aromatic heterocycles. The zero-order valence-corrected chi connectivity index (χ0v) is 9.91. The largest absolute Gasteiger partial charge is 0.307 e. The maximum atomic E-state index is 10.8. The van der Waals surface area contributed by atoms with Crippen molar-refractivity contribution in [3.8, 4) is 0 Å². The smallest absolute Gasteiger partial charge is 0.273 e. The van der Waals surface area contributed by atoms with Crippen molar-refractivity contribution in [2.75, 3.05) is 0 Å². The van der Waals surface area contributed by atoms with Crippen LogP contribution in [0.1, 0.15) is 11.3 Å². The van der Waals surface area contributed by atoms with Crippen LogP contribution in [0.25, 0.3) is 0 Å². The van der Waals surface area contributed by atoms with Crippen LogP contribution in [0.4, 0.5) is 5.69 Å². The molecule has 1 N–H and O–H groups in total. The molecule has 2 rings (SSSR count). The van der Waals surface area contributed by atoms with Gasteiger partial charge < -0.3 is 5.32 Å². The molecule has 0 unspecified atom stereocenters. The van der Waals surface area contributed by atoms with E-state index in [4.69, 9.17) is 0 Å². The van der Waals surface area contributed by atoms with Gasteiger partial charge >= 0.3 is 0 Å². The molecule has 0 aliphatic heterocycles. The van der Waals surface area contributed by atoms with Crippen molar-refractivity contribution in [3.05, 3.63) is 51.8 Å². The van der Waals surface area contributed by atoms with Crippen molar-refractivity contribution in [2.45, 2.75) is 13.1 Å². The van der Waals surface area contributed by atoms with Crippen molar-refractivity contribution in [2.24, 2.45) is 7.05 Å². The highest BCUT2D eigenvalue weighted by Gasteiger charge is 2.11. The highest BCUT2D eigenvalue weighted by atomic mass is 16.6. The molecule has 0 amide bonds. The van der Waals surface area contributed by atoms with E-state index in [0.717, 1.165) is 5.69 Å². The predicted octanol–water partition coefficient (Wildman–Crippen LogP) is 1.01. The van der Waals surface area contributed by atoms with Crippen molar-refractivity contribution < 1.29 is 4.92 Å². The number of nitro groups is 1. The second kappa shape index (κ2) is 5.37. The lowest BCUT2D eigenvalue weighted by atomic mass is 10.2. The molecule has 1 heterocycles. The molecule has 0 aliphatic rings. The minimum atomic E-state index is -0.376. The monoisotopic (exact) mass is 247 g/mol. The summed E-state index contributed by atoms with van der Waals surface area (Å²) in [5, 5.41) is 21.6. The van der Waals surface area contributed by atoms with E-state index in [1.54, 1.807) is 36.1 Å². The SMILES string of the molecule is Cn1cc(CNCc2ccccc2[N+](=O)[O-])nn1. The second-order valence-corrected chi connectivity index (χ2v) is 3.87. The molecule has 2 aromatic rings. The Labute approximate surface area is 104 Å². The maximum Gasteiger partial charge on any atom is 0.273 e. The lowest BCUT2D eigenvalue weighted by Crippen LogP contribution is -2.14. The zero-order chi connectivity index (χ0) is 13.0. The van der Waals surface area contributed by atoms with Gasteiger partial charge in [0, 0.05) is 38.0 Å². The molecule has 0 bridgehead atoms. The summed E-state index contributed by atoms with van der Waals surface area (Å²) in [7, 11) is 1.79. The Bertz CT molecular complexity index is 552. The number of nitro benzene ring substituents is 1. The molecule has 0 saturated carbocycles. The molecule has 0 saturated heterocycles. The molecule has 7 heteroatoms. The first-order valence-electron chi connectivity index (χ1n) is 5.45. The number of hydrogen-bond acceptors (Lipinski definition) is 5. The Morgan fingerprint density at radius 1 is 1.39 bits per heavy atom. The standard InChI is InChI=1S/C11H13N5O2/c1-15-8-10(13-14-15)7-12-6-9-4-2-3-5-11(9)16(17)18/h2-5,8,12H,6-7H2,1H3. The minimum absolute atomic E-state index is 0.129. The first kappa shape index (κ1) is 12.2. The molecule has 0 spiro atoms. The first-order chi connectivity index (χ1) is 8.66. The Balaban J connectivity index is 1.96. The normalized spacial score (nSPS) is 10.5. The van der Waals surface area contributed by atoms with E-state index < -0.39 is 0 Å². The number of hydrogen-bond donors (Lipinski definition) is 1. The summed E-state index contributed by atoms with van der Waals surface area (Å²) in [6.45, 7) is 0.952. The van der Waals surface area contributed by atoms with Crippen LogP contribution in [0.5, 0.6) is 0 Å². The fraction of sp³-hybridized carbons (Fsp3) is 0.273. The number of nitrogens with zero attached hydrogens (tertiary/aromatic N) is 4. The van der Waals surface area contributed by atoms with E-state index in [0.29, 0.717) is 18.7 Å². The fourth-order valence-electron chi connectivity index (χ4n) is 1.64. The Morgan fingerprint density at radius 2 is 2.17 bits per heavy atom. The van der Waals surface area contributed by atoms with Gasteiger partial charge in [0.2, 0.25) is 0 Å². The number of aryl methyl sites for hydroxylation is 1. The van der Waals surface area contributed by atoms with Crippen LogP contribution in [0.3, 0.4) is 0 Å². The third kappa shape index (κ3) is 2.89. The van der Waals surface area contributed by atoms with E-state index in [-0.39, 0.29) is 10.6 Å². The van der Waals surface area contributed by atoms with E-state index in [9.17, 15) is 10.1 Å². The molecule has 0 atom stereocenters. The summed E-state index contributed by atoms with van der Waals surface area (Å²) in [5.41, 5.74) is 1.59. The summed E-state index contributed by atoms with van der Waals surface area (Å²) in [4.78, 5) is 10.4. The Morgan fingerprint density at radius 3 is 2.83 bits per heavy atom. The molecule has 18 heavy (non-hydrogen) atoms. The van der Waals surface area contributed by atoms with Crippen LogP contribution in [-0.4, -0.2) is 19.9 Å². The third-order valence-corrected chi connectivity index (χ3v) is 2.46. The van der Waals surface area contributed by atoms with E-state index >= 15 is 0 Å². The van der Waals surface area contributed by atoms with E-state index in [2.05, 4.69) is 15.6 Å². The Kier molecular flexibility index (Phi) is 3.63. The van der Waals surface area contributed by atoms with E-state index in [1.807, 2.05) is 0 Å². The van der Waals surface area contributed by atoms with Crippen LogP contribution < -0.4 is 5.32 Å². The summed E-state index contributed by atoms with van der Waals surface area (Å²) in [5.74, 6) is 0. The second-order valence-electron chi connectivity index (χ2n) is 3.87. The number of benzene rings is 1. The summed E-state index contributed by atoms with van der Waals surface area (Å²) in [6.07, 6.45) is 1.80. The molecular formula is C11H13N5O2. The topological polar surface area (TPSA) is 85.9 Å². The number of nitrogens with one attached hydrogen (secondary N) is 1. The quantitative estimate of drug-likeness (QED) is 0.629. The third-order valence-electron chi connectivity index (χ3n) is 2.46. The van der Waals surface area contributed by atoms with Gasteiger partial charge in [-0.3, -0.25) is 14.8 Å². The average molecular weight is 247 g/mol. The minimum Gasteiger partial charge on any atom is -0.307 e. The van der Waals surface area contributed by atoms with Crippen molar-refractivity contribution >= 4 is 5.69 Å². The molecule has 0 radical (unpaired) electrons. The van der Waals surface area contributed by atoms with Gasteiger partial charge in [0.25, 0.3) is 5.69 Å². The van der Waals surface area contributed by atoms with E-state index in [1.165, 1.54) is 6.07 Å². The molecule has 94 valence electrons. The van der Waals surface area contributed by atoms with Gasteiger partial charge in [-0.2, -0.15) is 0 Å². The molecule has 0 fully saturated rings. The van der Waals surface area contributed by atoms with Crippen LogP contribution in [0, 0.1) is 10.1 Å². The molecule has 0 aliphatic carbocycles. The van der Waals surface area contributed by atoms with Crippen molar-refractivity contribution in [1.29, 1.82) is 0 Å². The average Bonchev–Trinajstić information content (AvgIpc) is 2.75. The number of aromatic nitrogens is 3. The fourth-order valence-corrected chi connectivity index (χ4v) is 1.64. The van der Waals surface area contributed by atoms with Gasteiger partial charge in [-0.15, -0.1) is 5.10 Å². The van der Waals surface area contributed by atoms with Crippen LogP contribution >= 0.6 is 0 Å². The zero-order valence-electron chi connectivity index (χ0n) is 9.91. The van der Waals surface area contributed by atoms with Crippen molar-refractivity contribution in [1.82, 2.24) is 20.3 Å². The molecule has 7 nitrogen and oxygen atoms in total.